The fourth-order valence-electron chi connectivity index (χ4n) is 3.43. The average Bonchev–Trinajstić information content (AvgIpc) is 3.07. The van der Waals surface area contributed by atoms with E-state index < -0.39 is 11.6 Å². The van der Waals surface area contributed by atoms with Gasteiger partial charge in [0.25, 0.3) is 0 Å². The van der Waals surface area contributed by atoms with Gasteiger partial charge in [-0.25, -0.2) is 28.4 Å². The van der Waals surface area contributed by atoms with E-state index in [1.54, 1.807) is 29.2 Å². The Bertz CT molecular complexity index is 1150. The number of hydrogen-bond acceptors (Lipinski definition) is 5. The van der Waals surface area contributed by atoms with Crippen LogP contribution in [0.2, 0.25) is 0 Å². The Morgan fingerprint density at radius 1 is 1.11 bits per heavy atom. The van der Waals surface area contributed by atoms with Gasteiger partial charge in [0.2, 0.25) is 0 Å². The zero-order valence-corrected chi connectivity index (χ0v) is 14.3. The molecular weight excluding hydrogens is 352 g/mol. The third-order valence-electron chi connectivity index (χ3n) is 4.74. The largest absolute Gasteiger partial charge is 0.356 e. The molecule has 1 unspecified atom stereocenters. The zero-order chi connectivity index (χ0) is 18.4. The second kappa shape index (κ2) is 6.31. The van der Waals surface area contributed by atoms with E-state index in [0.29, 0.717) is 40.1 Å². The average molecular weight is 367 g/mol. The Kier molecular flexibility index (Phi) is 3.78. The summed E-state index contributed by atoms with van der Waals surface area (Å²) >= 11 is 0. The Hall–Kier alpha value is -3.00. The molecule has 136 valence electrons. The van der Waals surface area contributed by atoms with E-state index in [4.69, 9.17) is 4.74 Å². The predicted molar refractivity (Wildman–Crippen MR) is 94.8 cm³/mol. The van der Waals surface area contributed by atoms with Crippen molar-refractivity contribution in [2.24, 2.45) is 0 Å². The third kappa shape index (κ3) is 2.73. The van der Waals surface area contributed by atoms with Gasteiger partial charge >= 0.3 is 0 Å². The van der Waals surface area contributed by atoms with E-state index in [0.717, 1.165) is 31.4 Å². The van der Waals surface area contributed by atoms with Crippen molar-refractivity contribution in [1.29, 1.82) is 0 Å². The second-order valence-corrected chi connectivity index (χ2v) is 6.50. The Morgan fingerprint density at radius 2 is 2.00 bits per heavy atom. The molecule has 8 heteroatoms. The molecule has 0 N–H and O–H groups in total. The lowest BCUT2D eigenvalue weighted by Gasteiger charge is -2.23. The maximum Gasteiger partial charge on any atom is 0.178 e. The number of hydrogen-bond donors (Lipinski definition) is 0. The molecule has 0 amide bonds. The van der Waals surface area contributed by atoms with Gasteiger partial charge in [0.1, 0.15) is 16.9 Å². The lowest BCUT2D eigenvalue weighted by molar-refractivity contribution is -0.0365. The summed E-state index contributed by atoms with van der Waals surface area (Å²) in [7, 11) is 0. The van der Waals surface area contributed by atoms with Crippen molar-refractivity contribution in [3.63, 3.8) is 0 Å². The molecule has 0 radical (unpaired) electrons. The van der Waals surface area contributed by atoms with Gasteiger partial charge in [0.05, 0.1) is 11.7 Å². The van der Waals surface area contributed by atoms with Gasteiger partial charge in [0.15, 0.2) is 23.5 Å². The molecular formula is C19H15F2N5O. The number of benzene rings is 1. The van der Waals surface area contributed by atoms with E-state index in [9.17, 15) is 8.78 Å². The molecule has 1 aliphatic rings. The Labute approximate surface area is 152 Å². The minimum atomic E-state index is -0.928. The van der Waals surface area contributed by atoms with E-state index in [2.05, 4.69) is 20.1 Å². The fraction of sp³-hybridized carbons (Fsp3) is 0.263. The number of nitrogens with zero attached hydrogens (tertiary/aromatic N) is 5. The summed E-state index contributed by atoms with van der Waals surface area (Å²) in [5, 5.41) is 5.08. The van der Waals surface area contributed by atoms with Gasteiger partial charge in [-0.2, -0.15) is 5.10 Å². The molecule has 1 fully saturated rings. The highest BCUT2D eigenvalue weighted by atomic mass is 19.2. The standard InChI is InChI=1S/C19H15F2N5O/c20-12-8-11-16(9-13(12)21)26(17-5-1-2-7-27-17)25-18(11)15-10-23-19-14(24-15)4-3-6-22-19/h3-4,6,8-10,17H,1-2,5,7H2. The van der Waals surface area contributed by atoms with Gasteiger partial charge in [-0.15, -0.1) is 0 Å². The summed E-state index contributed by atoms with van der Waals surface area (Å²) < 4.78 is 35.3. The maximum atomic E-state index is 14.0. The molecule has 1 saturated heterocycles. The highest BCUT2D eigenvalue weighted by molar-refractivity contribution is 5.93. The van der Waals surface area contributed by atoms with Crippen LogP contribution in [0.25, 0.3) is 33.5 Å². The number of pyridine rings is 1. The van der Waals surface area contributed by atoms with Crippen molar-refractivity contribution in [3.05, 3.63) is 48.3 Å². The van der Waals surface area contributed by atoms with Crippen LogP contribution in [0.15, 0.2) is 36.7 Å². The van der Waals surface area contributed by atoms with Crippen LogP contribution in [0.1, 0.15) is 25.5 Å². The Balaban J connectivity index is 1.74. The van der Waals surface area contributed by atoms with Crippen LogP contribution in [0.5, 0.6) is 0 Å². The minimum Gasteiger partial charge on any atom is -0.356 e. The van der Waals surface area contributed by atoms with Gasteiger partial charge < -0.3 is 4.74 Å². The number of fused-ring (bicyclic) bond motifs is 2. The first-order valence-corrected chi connectivity index (χ1v) is 8.78. The van der Waals surface area contributed by atoms with E-state index in [1.807, 2.05) is 0 Å². The monoisotopic (exact) mass is 367 g/mol. The van der Waals surface area contributed by atoms with Crippen LogP contribution in [0, 0.1) is 11.6 Å². The number of aromatic nitrogens is 5. The number of ether oxygens (including phenoxy) is 1. The smallest absolute Gasteiger partial charge is 0.178 e. The van der Waals surface area contributed by atoms with E-state index >= 15 is 0 Å². The first-order valence-electron chi connectivity index (χ1n) is 8.78. The predicted octanol–water partition coefficient (Wildman–Crippen LogP) is 4.02. The summed E-state index contributed by atoms with van der Waals surface area (Å²) in [5.41, 5.74) is 2.51. The molecule has 4 heterocycles. The molecule has 0 bridgehead atoms. The van der Waals surface area contributed by atoms with Crippen molar-refractivity contribution >= 4 is 22.1 Å². The Morgan fingerprint density at radius 3 is 2.85 bits per heavy atom. The molecule has 5 rings (SSSR count). The molecule has 0 spiro atoms. The van der Waals surface area contributed by atoms with Crippen molar-refractivity contribution in [2.75, 3.05) is 6.61 Å². The van der Waals surface area contributed by atoms with Crippen molar-refractivity contribution in [2.45, 2.75) is 25.5 Å². The van der Waals surface area contributed by atoms with Crippen molar-refractivity contribution in [1.82, 2.24) is 24.7 Å². The van der Waals surface area contributed by atoms with Crippen LogP contribution in [-0.4, -0.2) is 31.3 Å². The van der Waals surface area contributed by atoms with E-state index in [-0.39, 0.29) is 6.23 Å². The highest BCUT2D eigenvalue weighted by Crippen LogP contribution is 2.33. The first-order chi connectivity index (χ1) is 13.2. The van der Waals surface area contributed by atoms with Gasteiger partial charge in [-0.1, -0.05) is 0 Å². The topological polar surface area (TPSA) is 65.7 Å². The van der Waals surface area contributed by atoms with Gasteiger partial charge in [-0.05, 0) is 37.5 Å². The molecule has 1 aliphatic heterocycles. The molecule has 0 aliphatic carbocycles. The molecule has 1 aromatic carbocycles. The van der Waals surface area contributed by atoms with Crippen LogP contribution in [0.3, 0.4) is 0 Å². The normalized spacial score (nSPS) is 17.6. The summed E-state index contributed by atoms with van der Waals surface area (Å²) in [6.07, 6.45) is 5.61. The quantitative estimate of drug-likeness (QED) is 0.535. The zero-order valence-electron chi connectivity index (χ0n) is 14.3. The van der Waals surface area contributed by atoms with Crippen LogP contribution >= 0.6 is 0 Å². The molecule has 1 atom stereocenters. The lowest BCUT2D eigenvalue weighted by Crippen LogP contribution is -2.19. The van der Waals surface area contributed by atoms with Crippen molar-refractivity contribution in [3.8, 4) is 11.4 Å². The van der Waals surface area contributed by atoms with E-state index in [1.165, 1.54) is 0 Å². The summed E-state index contributed by atoms with van der Waals surface area (Å²) in [4.78, 5) is 13.0. The van der Waals surface area contributed by atoms with Crippen LogP contribution in [-0.2, 0) is 4.74 Å². The molecule has 4 aromatic rings. The number of halogens is 2. The molecule has 3 aromatic heterocycles. The van der Waals surface area contributed by atoms with Crippen LogP contribution < -0.4 is 0 Å². The summed E-state index contributed by atoms with van der Waals surface area (Å²) in [6.45, 7) is 0.618. The second-order valence-electron chi connectivity index (χ2n) is 6.50. The molecule has 6 nitrogen and oxygen atoms in total. The summed E-state index contributed by atoms with van der Waals surface area (Å²) in [5.74, 6) is -1.84. The van der Waals surface area contributed by atoms with Crippen molar-refractivity contribution < 1.29 is 13.5 Å². The lowest BCUT2D eigenvalue weighted by atomic mass is 10.1. The summed E-state index contributed by atoms with van der Waals surface area (Å²) in [6, 6.07) is 5.88. The maximum absolute atomic E-state index is 14.0. The number of rotatable bonds is 2. The first kappa shape index (κ1) is 16.2. The van der Waals surface area contributed by atoms with Crippen LogP contribution in [0.4, 0.5) is 8.78 Å². The highest BCUT2D eigenvalue weighted by Gasteiger charge is 2.24. The molecule has 27 heavy (non-hydrogen) atoms. The van der Waals surface area contributed by atoms with Gasteiger partial charge in [-0.3, -0.25) is 0 Å². The fourth-order valence-corrected chi connectivity index (χ4v) is 3.43. The molecule has 0 saturated carbocycles. The minimum absolute atomic E-state index is 0.310. The van der Waals surface area contributed by atoms with Gasteiger partial charge in [0, 0.05) is 24.3 Å². The SMILES string of the molecule is Fc1cc2c(-c3cnc4ncccc4n3)nn(C3CCCCO3)c2cc1F. The third-order valence-corrected chi connectivity index (χ3v) is 4.74.